The molecule has 0 bridgehead atoms. The summed E-state index contributed by atoms with van der Waals surface area (Å²) in [5, 5.41) is 7.94. The van der Waals surface area contributed by atoms with Gasteiger partial charge in [-0.25, -0.2) is 0 Å². The molecule has 1 heterocycles. The van der Waals surface area contributed by atoms with Gasteiger partial charge in [-0.3, -0.25) is 4.55 Å². The van der Waals surface area contributed by atoms with Crippen molar-refractivity contribution in [3.05, 3.63) is 30.3 Å². The maximum absolute atomic E-state index is 11.3. The molecule has 0 saturated carbocycles. The molecule has 0 unspecified atom stereocenters. The predicted molar refractivity (Wildman–Crippen MR) is 59.1 cm³/mol. The molecule has 3 rings (SSSR count). The highest BCUT2D eigenvalue weighted by atomic mass is 32.2. The van der Waals surface area contributed by atoms with E-state index in [1.54, 1.807) is 24.3 Å². The van der Waals surface area contributed by atoms with E-state index >= 15 is 0 Å². The van der Waals surface area contributed by atoms with Crippen molar-refractivity contribution in [2.24, 2.45) is 0 Å². The molecular weight excluding hydrogens is 244 g/mol. The Balaban J connectivity index is 2.64. The Kier molecular flexibility index (Phi) is 1.95. The second kappa shape index (κ2) is 3.25. The summed E-state index contributed by atoms with van der Waals surface area (Å²) in [6.45, 7) is 0. The molecule has 0 fully saturated rings. The van der Waals surface area contributed by atoms with Crippen LogP contribution >= 0.6 is 0 Å². The van der Waals surface area contributed by atoms with Gasteiger partial charge < -0.3 is 4.52 Å². The molecule has 86 valence electrons. The lowest BCUT2D eigenvalue weighted by atomic mass is 10.1. The Morgan fingerprint density at radius 3 is 2.59 bits per heavy atom. The van der Waals surface area contributed by atoms with Crippen molar-refractivity contribution in [2.45, 2.75) is 4.90 Å². The van der Waals surface area contributed by atoms with Gasteiger partial charge in [-0.1, -0.05) is 24.3 Å². The maximum atomic E-state index is 11.3. The second-order valence-electron chi connectivity index (χ2n) is 3.52. The van der Waals surface area contributed by atoms with E-state index in [4.69, 9.17) is 4.52 Å². The van der Waals surface area contributed by atoms with Crippen molar-refractivity contribution >= 4 is 32.0 Å². The van der Waals surface area contributed by atoms with Gasteiger partial charge in [0.2, 0.25) is 0 Å². The first-order valence-electron chi connectivity index (χ1n) is 4.69. The zero-order chi connectivity index (χ0) is 12.0. The molecule has 0 amide bonds. The molecule has 0 spiro atoms. The van der Waals surface area contributed by atoms with E-state index in [2.05, 4.69) is 10.4 Å². The van der Waals surface area contributed by atoms with Gasteiger partial charge in [0.05, 0.1) is 0 Å². The van der Waals surface area contributed by atoms with E-state index in [0.29, 0.717) is 16.4 Å². The van der Waals surface area contributed by atoms with Gasteiger partial charge in [0.1, 0.15) is 10.4 Å². The summed E-state index contributed by atoms with van der Waals surface area (Å²) >= 11 is 0. The lowest BCUT2D eigenvalue weighted by Crippen LogP contribution is -1.99. The molecule has 7 heteroatoms. The van der Waals surface area contributed by atoms with Crippen LogP contribution < -0.4 is 0 Å². The van der Waals surface area contributed by atoms with Crippen molar-refractivity contribution in [2.75, 3.05) is 0 Å². The quantitative estimate of drug-likeness (QED) is 0.659. The fourth-order valence-corrected chi connectivity index (χ4v) is 2.51. The number of benzene rings is 2. The van der Waals surface area contributed by atoms with Crippen LogP contribution in [0.1, 0.15) is 0 Å². The Hall–Kier alpha value is -1.99. The third-order valence-electron chi connectivity index (χ3n) is 2.50. The monoisotopic (exact) mass is 250 g/mol. The Morgan fingerprint density at radius 1 is 1.18 bits per heavy atom. The van der Waals surface area contributed by atoms with Crippen molar-refractivity contribution in [1.82, 2.24) is 10.4 Å². The highest BCUT2D eigenvalue weighted by Gasteiger charge is 2.18. The van der Waals surface area contributed by atoms with Crippen LogP contribution in [0.5, 0.6) is 0 Å². The van der Waals surface area contributed by atoms with Crippen molar-refractivity contribution < 1.29 is 17.5 Å². The van der Waals surface area contributed by atoms with Crippen LogP contribution in [0.2, 0.25) is 0 Å². The minimum atomic E-state index is -4.31. The van der Waals surface area contributed by atoms with E-state index in [9.17, 15) is 13.0 Å². The van der Waals surface area contributed by atoms with E-state index < -0.39 is 10.1 Å². The number of rotatable bonds is 1. The van der Waals surface area contributed by atoms with E-state index in [1.807, 2.05) is 0 Å². The SMILES string of the molecule is O=S(=O)(O)c1cc2nnoc2c2ccccc12. The molecular formula is C10H6N2O4S. The molecule has 0 aliphatic carbocycles. The molecule has 0 radical (unpaired) electrons. The minimum Gasteiger partial charge on any atom is -0.336 e. The van der Waals surface area contributed by atoms with Crippen molar-refractivity contribution in [1.29, 1.82) is 0 Å². The summed E-state index contributed by atoms with van der Waals surface area (Å²) in [6, 6.07) is 7.91. The van der Waals surface area contributed by atoms with Gasteiger partial charge in [0, 0.05) is 16.0 Å². The van der Waals surface area contributed by atoms with Crippen molar-refractivity contribution in [3.8, 4) is 0 Å². The normalized spacial score (nSPS) is 12.3. The first-order valence-corrected chi connectivity index (χ1v) is 6.13. The number of fused-ring (bicyclic) bond motifs is 3. The molecule has 0 saturated heterocycles. The molecule has 17 heavy (non-hydrogen) atoms. The van der Waals surface area contributed by atoms with Crippen LogP contribution in [-0.4, -0.2) is 23.3 Å². The molecule has 1 aromatic heterocycles. The van der Waals surface area contributed by atoms with E-state index in [-0.39, 0.29) is 10.4 Å². The van der Waals surface area contributed by atoms with Gasteiger partial charge >= 0.3 is 0 Å². The van der Waals surface area contributed by atoms with Crippen LogP contribution in [-0.2, 0) is 10.1 Å². The first kappa shape index (κ1) is 10.2. The zero-order valence-corrected chi connectivity index (χ0v) is 9.18. The number of aromatic nitrogens is 2. The Morgan fingerprint density at radius 2 is 1.88 bits per heavy atom. The average Bonchev–Trinajstić information content (AvgIpc) is 2.74. The first-order chi connectivity index (χ1) is 8.07. The standard InChI is InChI=1S/C10H6N2O4S/c13-17(14,15)9-5-8-10(16-12-11-8)7-4-2-1-3-6(7)9/h1-5H,(H,13,14,15). The highest BCUT2D eigenvalue weighted by Crippen LogP contribution is 2.29. The predicted octanol–water partition coefficient (Wildman–Crippen LogP) is 1.62. The Bertz CT molecular complexity index is 823. The summed E-state index contributed by atoms with van der Waals surface area (Å²) in [6.07, 6.45) is 0. The van der Waals surface area contributed by atoms with Gasteiger partial charge in [-0.2, -0.15) is 8.42 Å². The highest BCUT2D eigenvalue weighted by molar-refractivity contribution is 7.86. The van der Waals surface area contributed by atoms with Gasteiger partial charge in [-0.15, -0.1) is 5.10 Å². The van der Waals surface area contributed by atoms with Crippen LogP contribution in [0.4, 0.5) is 0 Å². The number of hydrogen-bond donors (Lipinski definition) is 1. The van der Waals surface area contributed by atoms with Crippen molar-refractivity contribution in [3.63, 3.8) is 0 Å². The fraction of sp³-hybridized carbons (Fsp3) is 0. The molecule has 3 aromatic rings. The lowest BCUT2D eigenvalue weighted by molar-refractivity contribution is 0.426. The molecule has 0 aliphatic rings. The minimum absolute atomic E-state index is 0.198. The lowest BCUT2D eigenvalue weighted by Gasteiger charge is -2.02. The fourth-order valence-electron chi connectivity index (χ4n) is 1.79. The average molecular weight is 250 g/mol. The van der Waals surface area contributed by atoms with E-state index in [1.165, 1.54) is 6.07 Å². The maximum Gasteiger partial charge on any atom is 0.295 e. The summed E-state index contributed by atoms with van der Waals surface area (Å²) in [5.74, 6) is 0. The molecule has 0 aliphatic heterocycles. The molecule has 1 N–H and O–H groups in total. The zero-order valence-electron chi connectivity index (χ0n) is 8.36. The van der Waals surface area contributed by atoms with E-state index in [0.717, 1.165) is 0 Å². The summed E-state index contributed by atoms with van der Waals surface area (Å²) in [7, 11) is -4.31. The summed E-state index contributed by atoms with van der Waals surface area (Å²) < 4.78 is 36.7. The summed E-state index contributed by atoms with van der Waals surface area (Å²) in [4.78, 5) is -0.198. The third kappa shape index (κ3) is 1.48. The Labute approximate surface area is 95.6 Å². The molecule has 6 nitrogen and oxygen atoms in total. The number of hydrogen-bond acceptors (Lipinski definition) is 5. The van der Waals surface area contributed by atoms with Gasteiger partial charge in [0.25, 0.3) is 10.1 Å². The van der Waals surface area contributed by atoms with Gasteiger partial charge in [-0.05, 0) is 6.07 Å². The largest absolute Gasteiger partial charge is 0.336 e. The smallest absolute Gasteiger partial charge is 0.295 e. The third-order valence-corrected chi connectivity index (χ3v) is 3.39. The molecule has 2 aromatic carbocycles. The van der Waals surface area contributed by atoms with Crippen LogP contribution in [0.25, 0.3) is 21.9 Å². The molecule has 0 atom stereocenters. The number of nitrogens with zero attached hydrogens (tertiary/aromatic N) is 2. The summed E-state index contributed by atoms with van der Waals surface area (Å²) in [5.41, 5.74) is 0.685. The second-order valence-corrected chi connectivity index (χ2v) is 4.91. The van der Waals surface area contributed by atoms with Crippen LogP contribution in [0.3, 0.4) is 0 Å². The van der Waals surface area contributed by atoms with Crippen LogP contribution in [0, 0.1) is 0 Å². The van der Waals surface area contributed by atoms with Gasteiger partial charge in [0.15, 0.2) is 5.58 Å². The van der Waals surface area contributed by atoms with Crippen LogP contribution in [0.15, 0.2) is 39.8 Å². The topological polar surface area (TPSA) is 93.3 Å².